The fourth-order valence-corrected chi connectivity index (χ4v) is 3.73. The van der Waals surface area contributed by atoms with Crippen molar-refractivity contribution < 1.29 is 14.3 Å². The Morgan fingerprint density at radius 2 is 2.12 bits per heavy atom. The highest BCUT2D eigenvalue weighted by Gasteiger charge is 2.32. The van der Waals surface area contributed by atoms with E-state index in [1.165, 1.54) is 20.0 Å². The van der Waals surface area contributed by atoms with E-state index in [-0.39, 0.29) is 12.1 Å². The van der Waals surface area contributed by atoms with Crippen molar-refractivity contribution in [1.82, 2.24) is 9.78 Å². The summed E-state index contributed by atoms with van der Waals surface area (Å²) in [5, 5.41) is 4.51. The number of hydrogen-bond acceptors (Lipinski definition) is 4. The number of amides is 1. The Morgan fingerprint density at radius 3 is 2.81 bits per heavy atom. The molecule has 0 unspecified atom stereocenters. The summed E-state index contributed by atoms with van der Waals surface area (Å²) in [6.45, 7) is 4.61. The van der Waals surface area contributed by atoms with Crippen LogP contribution in [0, 0.1) is 0 Å². The van der Waals surface area contributed by atoms with E-state index in [1.807, 2.05) is 36.9 Å². The second-order valence-corrected chi connectivity index (χ2v) is 7.04. The molecule has 0 N–H and O–H groups in total. The quantitative estimate of drug-likeness (QED) is 0.825. The third-order valence-electron chi connectivity index (χ3n) is 5.24. The minimum atomic E-state index is -0.324. The van der Waals surface area contributed by atoms with Crippen molar-refractivity contribution in [3.63, 3.8) is 0 Å². The molecule has 6 heteroatoms. The third-order valence-corrected chi connectivity index (χ3v) is 5.24. The zero-order chi connectivity index (χ0) is 18.3. The molecule has 26 heavy (non-hydrogen) atoms. The van der Waals surface area contributed by atoms with Gasteiger partial charge >= 0.3 is 6.09 Å². The van der Waals surface area contributed by atoms with E-state index in [9.17, 15) is 4.79 Å². The van der Waals surface area contributed by atoms with Crippen LogP contribution in [0.3, 0.4) is 0 Å². The van der Waals surface area contributed by atoms with Gasteiger partial charge < -0.3 is 9.47 Å². The predicted molar refractivity (Wildman–Crippen MR) is 99.8 cm³/mol. The largest absolute Gasteiger partial charge is 0.493 e. The summed E-state index contributed by atoms with van der Waals surface area (Å²) < 4.78 is 13.1. The van der Waals surface area contributed by atoms with Crippen LogP contribution in [0.2, 0.25) is 0 Å². The fourth-order valence-electron chi connectivity index (χ4n) is 3.73. The normalized spacial score (nSPS) is 19.2. The molecule has 2 heterocycles. The lowest BCUT2D eigenvalue weighted by molar-refractivity contribution is 0.175. The molecular weight excluding hydrogens is 330 g/mol. The van der Waals surface area contributed by atoms with Crippen molar-refractivity contribution >= 4 is 11.8 Å². The number of ether oxygens (including phenoxy) is 2. The van der Waals surface area contributed by atoms with Crippen LogP contribution in [-0.4, -0.2) is 35.6 Å². The number of carbonyl (C=O) groups is 1. The monoisotopic (exact) mass is 355 g/mol. The van der Waals surface area contributed by atoms with Gasteiger partial charge in [0.05, 0.1) is 31.6 Å². The topological polar surface area (TPSA) is 56.6 Å². The molecule has 138 valence electrons. The number of nitrogens with zero attached hydrogens (tertiary/aromatic N) is 3. The molecule has 0 radical (unpaired) electrons. The molecule has 1 aliphatic carbocycles. The minimum Gasteiger partial charge on any atom is -0.493 e. The first kappa shape index (κ1) is 16.9. The minimum absolute atomic E-state index is 0.105. The molecule has 4 rings (SSSR count). The Balaban J connectivity index is 1.80. The first-order valence-corrected chi connectivity index (χ1v) is 9.34. The SMILES string of the molecule is CCOc1c(-c2cnn(C3CC3)c2)ccc2c1CC[C@H](C)N2C(=O)OC. The van der Waals surface area contributed by atoms with Crippen molar-refractivity contribution in [2.24, 2.45) is 0 Å². The molecule has 2 aliphatic rings. The standard InChI is InChI=1S/C20H25N3O3/c1-4-26-19-16(14-11-21-22(12-14)15-6-7-15)9-10-18-17(19)8-5-13(2)23(18)20(24)25-3/h9-13,15H,4-8H2,1-3H3/t13-/m0/s1. The first-order chi connectivity index (χ1) is 12.6. The molecule has 1 aliphatic heterocycles. The van der Waals surface area contributed by atoms with Crippen LogP contribution in [0.1, 0.15) is 44.7 Å². The molecule has 1 saturated carbocycles. The van der Waals surface area contributed by atoms with Gasteiger partial charge in [-0.25, -0.2) is 4.79 Å². The highest BCUT2D eigenvalue weighted by Crippen LogP contribution is 2.44. The molecule has 0 spiro atoms. The van der Waals surface area contributed by atoms with E-state index in [1.54, 1.807) is 4.90 Å². The highest BCUT2D eigenvalue weighted by atomic mass is 16.5. The van der Waals surface area contributed by atoms with E-state index in [2.05, 4.69) is 11.3 Å². The Hall–Kier alpha value is -2.50. The predicted octanol–water partition coefficient (Wildman–Crippen LogP) is 4.19. The smallest absolute Gasteiger partial charge is 0.414 e. The lowest BCUT2D eigenvalue weighted by Crippen LogP contribution is -2.42. The van der Waals surface area contributed by atoms with E-state index in [0.717, 1.165) is 41.0 Å². The first-order valence-electron chi connectivity index (χ1n) is 9.34. The fraction of sp³-hybridized carbons (Fsp3) is 0.500. The van der Waals surface area contributed by atoms with Crippen LogP contribution in [0.15, 0.2) is 24.5 Å². The van der Waals surface area contributed by atoms with Crippen LogP contribution in [0.25, 0.3) is 11.1 Å². The van der Waals surface area contributed by atoms with Gasteiger partial charge in [0.2, 0.25) is 0 Å². The number of anilines is 1. The van der Waals surface area contributed by atoms with Gasteiger partial charge in [0.25, 0.3) is 0 Å². The van der Waals surface area contributed by atoms with E-state index in [0.29, 0.717) is 12.6 Å². The summed E-state index contributed by atoms with van der Waals surface area (Å²) in [6, 6.07) is 4.70. The maximum absolute atomic E-state index is 12.3. The van der Waals surface area contributed by atoms with E-state index >= 15 is 0 Å². The Kier molecular flexibility index (Phi) is 4.34. The van der Waals surface area contributed by atoms with Gasteiger partial charge in [0, 0.05) is 28.9 Å². The molecule has 1 aromatic heterocycles. The van der Waals surface area contributed by atoms with Gasteiger partial charge in [-0.1, -0.05) is 0 Å². The van der Waals surface area contributed by atoms with Crippen LogP contribution >= 0.6 is 0 Å². The summed E-state index contributed by atoms with van der Waals surface area (Å²) in [6.07, 6.45) is 7.86. The van der Waals surface area contributed by atoms with Crippen LogP contribution < -0.4 is 9.64 Å². The zero-order valence-electron chi connectivity index (χ0n) is 15.6. The summed E-state index contributed by atoms with van der Waals surface area (Å²) in [4.78, 5) is 14.0. The number of methoxy groups -OCH3 is 1. The van der Waals surface area contributed by atoms with E-state index < -0.39 is 0 Å². The highest BCUT2D eigenvalue weighted by molar-refractivity contribution is 5.92. The lowest BCUT2D eigenvalue weighted by atomic mass is 9.92. The van der Waals surface area contributed by atoms with Crippen molar-refractivity contribution in [2.45, 2.75) is 51.6 Å². The molecule has 0 bridgehead atoms. The maximum Gasteiger partial charge on any atom is 0.414 e. The van der Waals surface area contributed by atoms with Gasteiger partial charge in [-0.3, -0.25) is 9.58 Å². The Bertz CT molecular complexity index is 826. The summed E-state index contributed by atoms with van der Waals surface area (Å²) >= 11 is 0. The van der Waals surface area contributed by atoms with Crippen molar-refractivity contribution in [3.05, 3.63) is 30.1 Å². The van der Waals surface area contributed by atoms with Crippen LogP contribution in [-0.2, 0) is 11.2 Å². The Labute approximate surface area is 153 Å². The van der Waals surface area contributed by atoms with Gasteiger partial charge in [-0.05, 0) is 51.7 Å². The van der Waals surface area contributed by atoms with Crippen molar-refractivity contribution in [3.8, 4) is 16.9 Å². The van der Waals surface area contributed by atoms with Gasteiger partial charge in [-0.2, -0.15) is 5.10 Å². The molecule has 2 aromatic rings. The van der Waals surface area contributed by atoms with Gasteiger partial charge in [0.15, 0.2) is 0 Å². The van der Waals surface area contributed by atoms with Gasteiger partial charge in [0.1, 0.15) is 5.75 Å². The average molecular weight is 355 g/mol. The molecule has 1 fully saturated rings. The van der Waals surface area contributed by atoms with Crippen molar-refractivity contribution in [1.29, 1.82) is 0 Å². The molecular formula is C20H25N3O3. The zero-order valence-corrected chi connectivity index (χ0v) is 15.6. The van der Waals surface area contributed by atoms with Crippen LogP contribution in [0.5, 0.6) is 5.75 Å². The summed E-state index contributed by atoms with van der Waals surface area (Å²) in [5.74, 6) is 0.862. The molecule has 6 nitrogen and oxygen atoms in total. The van der Waals surface area contributed by atoms with Gasteiger partial charge in [-0.15, -0.1) is 0 Å². The number of rotatable bonds is 4. The summed E-state index contributed by atoms with van der Waals surface area (Å²) in [7, 11) is 1.42. The Morgan fingerprint density at radius 1 is 1.31 bits per heavy atom. The number of benzene rings is 1. The lowest BCUT2D eigenvalue weighted by Gasteiger charge is -2.35. The molecule has 1 atom stereocenters. The van der Waals surface area contributed by atoms with E-state index in [4.69, 9.17) is 9.47 Å². The number of carbonyl (C=O) groups excluding carboxylic acids is 1. The number of fused-ring (bicyclic) bond motifs is 1. The molecule has 1 aromatic carbocycles. The summed E-state index contributed by atoms with van der Waals surface area (Å²) in [5.41, 5.74) is 4.06. The average Bonchev–Trinajstić information content (AvgIpc) is 3.39. The molecule has 1 amide bonds. The second-order valence-electron chi connectivity index (χ2n) is 7.04. The maximum atomic E-state index is 12.3. The molecule has 0 saturated heterocycles. The van der Waals surface area contributed by atoms with Crippen LogP contribution in [0.4, 0.5) is 10.5 Å². The van der Waals surface area contributed by atoms with Crippen molar-refractivity contribution in [2.75, 3.05) is 18.6 Å². The number of aromatic nitrogens is 2. The number of hydrogen-bond donors (Lipinski definition) is 0. The third kappa shape index (κ3) is 2.83. The second kappa shape index (κ2) is 6.67.